The molecule has 1 heteroatoms. The Kier molecular flexibility index (Phi) is 12.4. The van der Waals surface area contributed by atoms with Crippen LogP contribution in [0.25, 0.3) is 0 Å². The molecule has 2 aliphatic carbocycles. The highest BCUT2D eigenvalue weighted by atomic mass is 16.1. The van der Waals surface area contributed by atoms with E-state index in [1.165, 1.54) is 77.0 Å². The van der Waals surface area contributed by atoms with Crippen LogP contribution in [0.1, 0.15) is 77.0 Å². The van der Waals surface area contributed by atoms with E-state index in [0.29, 0.717) is 0 Å². The van der Waals surface area contributed by atoms with E-state index in [4.69, 9.17) is 4.79 Å². The predicted molar refractivity (Wildman–Crippen MR) is 62.5 cm³/mol. The largest absolute Gasteiger partial charge is 0.307 e. The van der Waals surface area contributed by atoms with Crippen molar-refractivity contribution in [1.82, 2.24) is 0 Å². The second-order valence-corrected chi connectivity index (χ2v) is 4.24. The SMILES string of the molecule is C1CCCCC1.C1CCCCC1.C=O. The molecule has 2 aliphatic rings. The van der Waals surface area contributed by atoms with Crippen LogP contribution < -0.4 is 0 Å². The number of carbonyl (C=O) groups excluding carboxylic acids is 1. The Labute approximate surface area is 89.3 Å². The van der Waals surface area contributed by atoms with Crippen molar-refractivity contribution in [3.63, 3.8) is 0 Å². The van der Waals surface area contributed by atoms with E-state index in [0.717, 1.165) is 0 Å². The summed E-state index contributed by atoms with van der Waals surface area (Å²) in [5, 5.41) is 0. The lowest BCUT2D eigenvalue weighted by Gasteiger charge is -2.05. The minimum absolute atomic E-state index is 1.50. The van der Waals surface area contributed by atoms with Crippen molar-refractivity contribution in [3.05, 3.63) is 0 Å². The van der Waals surface area contributed by atoms with Gasteiger partial charge >= 0.3 is 0 Å². The van der Waals surface area contributed by atoms with Crippen molar-refractivity contribution >= 4 is 6.79 Å². The van der Waals surface area contributed by atoms with Crippen LogP contribution in [-0.2, 0) is 4.79 Å². The zero-order valence-corrected chi connectivity index (χ0v) is 9.60. The van der Waals surface area contributed by atoms with Gasteiger partial charge in [0.2, 0.25) is 0 Å². The molecule has 0 aromatic heterocycles. The smallest absolute Gasteiger partial charge is 0.106 e. The average Bonchev–Trinajstić information content (AvgIpc) is 2.37. The molecular weight excluding hydrogens is 172 g/mol. The maximum Gasteiger partial charge on any atom is 0.106 e. The van der Waals surface area contributed by atoms with Crippen molar-refractivity contribution in [3.8, 4) is 0 Å². The average molecular weight is 198 g/mol. The molecule has 14 heavy (non-hydrogen) atoms. The summed E-state index contributed by atoms with van der Waals surface area (Å²) in [5.41, 5.74) is 0. The summed E-state index contributed by atoms with van der Waals surface area (Å²) in [7, 11) is 0. The number of carbonyl (C=O) groups is 1. The highest BCUT2D eigenvalue weighted by molar-refractivity contribution is 5.10. The summed E-state index contributed by atoms with van der Waals surface area (Å²) in [6.07, 6.45) is 18.0. The van der Waals surface area contributed by atoms with Gasteiger partial charge < -0.3 is 4.79 Å². The molecule has 0 spiro atoms. The van der Waals surface area contributed by atoms with Crippen LogP contribution in [0.15, 0.2) is 0 Å². The molecule has 0 N–H and O–H groups in total. The highest BCUT2D eigenvalue weighted by Crippen LogP contribution is 2.15. The van der Waals surface area contributed by atoms with E-state index in [1.807, 2.05) is 6.79 Å². The molecule has 2 saturated carbocycles. The molecule has 0 heterocycles. The summed E-state index contributed by atoms with van der Waals surface area (Å²) < 4.78 is 0. The zero-order valence-electron chi connectivity index (χ0n) is 9.60. The number of hydrogen-bond donors (Lipinski definition) is 0. The maximum atomic E-state index is 8.00. The van der Waals surface area contributed by atoms with Gasteiger partial charge in [-0.25, -0.2) is 0 Å². The van der Waals surface area contributed by atoms with Gasteiger partial charge in [-0.05, 0) is 0 Å². The lowest BCUT2D eigenvalue weighted by Crippen LogP contribution is -1.85. The number of hydrogen-bond acceptors (Lipinski definition) is 1. The summed E-state index contributed by atoms with van der Waals surface area (Å²) >= 11 is 0. The first-order chi connectivity index (χ1) is 7.00. The van der Waals surface area contributed by atoms with E-state index >= 15 is 0 Å². The van der Waals surface area contributed by atoms with Crippen LogP contribution in [0, 0.1) is 0 Å². The van der Waals surface area contributed by atoms with Gasteiger partial charge in [0.25, 0.3) is 0 Å². The third-order valence-electron chi connectivity index (χ3n) is 3.00. The molecule has 0 radical (unpaired) electrons. The molecule has 0 unspecified atom stereocenters. The van der Waals surface area contributed by atoms with Crippen molar-refractivity contribution in [2.24, 2.45) is 0 Å². The summed E-state index contributed by atoms with van der Waals surface area (Å²) in [6, 6.07) is 0. The molecule has 0 bridgehead atoms. The first kappa shape index (κ1) is 13.7. The topological polar surface area (TPSA) is 17.1 Å². The normalized spacial score (nSPS) is 20.9. The van der Waals surface area contributed by atoms with Crippen LogP contribution in [0.2, 0.25) is 0 Å². The Balaban J connectivity index is 0.000000206. The van der Waals surface area contributed by atoms with Gasteiger partial charge in [0.1, 0.15) is 6.79 Å². The van der Waals surface area contributed by atoms with Crippen molar-refractivity contribution in [2.45, 2.75) is 77.0 Å². The molecule has 0 aromatic rings. The molecular formula is C13H26O. The van der Waals surface area contributed by atoms with E-state index in [2.05, 4.69) is 0 Å². The Hall–Kier alpha value is -0.330. The summed E-state index contributed by atoms with van der Waals surface area (Å²) in [5.74, 6) is 0. The standard InChI is InChI=1S/2C6H12.CH2O/c2*1-2-4-6-5-3-1;1-2/h2*1-6H2;1H2. The molecule has 0 aliphatic heterocycles. The van der Waals surface area contributed by atoms with Crippen LogP contribution in [0.3, 0.4) is 0 Å². The zero-order chi connectivity index (χ0) is 10.5. The fourth-order valence-corrected chi connectivity index (χ4v) is 2.12. The first-order valence-electron chi connectivity index (χ1n) is 6.29. The summed E-state index contributed by atoms with van der Waals surface area (Å²) in [4.78, 5) is 8.00. The molecule has 0 saturated heterocycles. The Morgan fingerprint density at radius 1 is 0.357 bits per heavy atom. The fraction of sp³-hybridized carbons (Fsp3) is 0.923. The Morgan fingerprint density at radius 3 is 0.500 bits per heavy atom. The van der Waals surface area contributed by atoms with Gasteiger partial charge in [-0.15, -0.1) is 0 Å². The maximum absolute atomic E-state index is 8.00. The predicted octanol–water partition coefficient (Wildman–Crippen LogP) is 4.50. The quantitative estimate of drug-likeness (QED) is 0.560. The monoisotopic (exact) mass is 198 g/mol. The summed E-state index contributed by atoms with van der Waals surface area (Å²) in [6.45, 7) is 2.00. The minimum Gasteiger partial charge on any atom is -0.307 e. The lowest BCUT2D eigenvalue weighted by molar-refractivity contribution is -0.0979. The molecule has 2 rings (SSSR count). The van der Waals surface area contributed by atoms with Gasteiger partial charge in [0.05, 0.1) is 0 Å². The van der Waals surface area contributed by atoms with E-state index < -0.39 is 0 Å². The third-order valence-corrected chi connectivity index (χ3v) is 3.00. The van der Waals surface area contributed by atoms with Crippen LogP contribution in [-0.4, -0.2) is 6.79 Å². The second kappa shape index (κ2) is 12.7. The lowest BCUT2D eigenvalue weighted by atomic mass is 10.0. The van der Waals surface area contributed by atoms with Crippen LogP contribution in [0.4, 0.5) is 0 Å². The van der Waals surface area contributed by atoms with Gasteiger partial charge in [-0.3, -0.25) is 0 Å². The molecule has 84 valence electrons. The van der Waals surface area contributed by atoms with Crippen molar-refractivity contribution < 1.29 is 4.79 Å². The molecule has 1 nitrogen and oxygen atoms in total. The van der Waals surface area contributed by atoms with Crippen LogP contribution >= 0.6 is 0 Å². The molecule has 0 amide bonds. The molecule has 0 aromatic carbocycles. The first-order valence-corrected chi connectivity index (χ1v) is 6.29. The molecule has 2 fully saturated rings. The van der Waals surface area contributed by atoms with Gasteiger partial charge in [0.15, 0.2) is 0 Å². The van der Waals surface area contributed by atoms with Crippen molar-refractivity contribution in [2.75, 3.05) is 0 Å². The third kappa shape index (κ3) is 9.76. The van der Waals surface area contributed by atoms with Crippen LogP contribution in [0.5, 0.6) is 0 Å². The van der Waals surface area contributed by atoms with Gasteiger partial charge in [-0.2, -0.15) is 0 Å². The van der Waals surface area contributed by atoms with E-state index in [-0.39, 0.29) is 0 Å². The van der Waals surface area contributed by atoms with Gasteiger partial charge in [-0.1, -0.05) is 77.0 Å². The van der Waals surface area contributed by atoms with Crippen molar-refractivity contribution in [1.29, 1.82) is 0 Å². The number of rotatable bonds is 0. The Bertz CT molecular complexity index is 58.4. The molecule has 0 atom stereocenters. The minimum atomic E-state index is 1.50. The van der Waals surface area contributed by atoms with E-state index in [9.17, 15) is 0 Å². The second-order valence-electron chi connectivity index (χ2n) is 4.24. The highest BCUT2D eigenvalue weighted by Gasteiger charge is 1.96. The van der Waals surface area contributed by atoms with E-state index in [1.54, 1.807) is 0 Å². The van der Waals surface area contributed by atoms with Gasteiger partial charge in [0, 0.05) is 0 Å². The Morgan fingerprint density at radius 2 is 0.429 bits per heavy atom. The fourth-order valence-electron chi connectivity index (χ4n) is 2.12.